The molecule has 35 heavy (non-hydrogen) atoms. The van der Waals surface area contributed by atoms with Crippen molar-refractivity contribution in [3.05, 3.63) is 61.2 Å². The summed E-state index contributed by atoms with van der Waals surface area (Å²) in [5.74, 6) is 0.104. The summed E-state index contributed by atoms with van der Waals surface area (Å²) in [6.45, 7) is 3.97. The first kappa shape index (κ1) is 25.6. The monoisotopic (exact) mass is 521 g/mol. The lowest BCUT2D eigenvalue weighted by Gasteiger charge is -2.26. The molecule has 1 fully saturated rings. The van der Waals surface area contributed by atoms with E-state index in [4.69, 9.17) is 34.6 Å². The Hall–Kier alpha value is -2.50. The molecule has 4 unspecified atom stereocenters. The van der Waals surface area contributed by atoms with Crippen molar-refractivity contribution in [1.29, 1.82) is 0 Å². The predicted octanol–water partition coefficient (Wildman–Crippen LogP) is 3.69. The number of carbonyl (C=O) groups excluding carboxylic acids is 1. The molecular weight excluding hydrogens is 497 g/mol. The Morgan fingerprint density at radius 1 is 1.23 bits per heavy atom. The van der Waals surface area contributed by atoms with Crippen molar-refractivity contribution in [2.45, 2.75) is 24.5 Å². The van der Waals surface area contributed by atoms with Gasteiger partial charge in [-0.15, -0.1) is 18.2 Å². The molecule has 1 aromatic carbocycles. The predicted molar refractivity (Wildman–Crippen MR) is 130 cm³/mol. The average molecular weight is 522 g/mol. The number of carbonyl (C=O) groups is 1. The minimum Gasteiger partial charge on any atom is -0.367 e. The van der Waals surface area contributed by atoms with Crippen LogP contribution >= 0.6 is 20.2 Å². The molecule has 13 heteroatoms. The molecule has 2 aromatic heterocycles. The summed E-state index contributed by atoms with van der Waals surface area (Å²) in [5.41, 5.74) is 1.33. The molecule has 11 nitrogen and oxygen atoms in total. The molecule has 1 saturated heterocycles. The lowest BCUT2D eigenvalue weighted by Crippen LogP contribution is -2.36. The summed E-state index contributed by atoms with van der Waals surface area (Å²) < 4.78 is 30.5. The average Bonchev–Trinajstić information content (AvgIpc) is 3.47. The van der Waals surface area contributed by atoms with Crippen LogP contribution in [-0.2, 0) is 23.0 Å². The van der Waals surface area contributed by atoms with E-state index in [-0.39, 0.29) is 24.2 Å². The standard InChI is InChI=1S/C22H25ClN5O6P/c1-4-10-32-18-17(34-35(30-2)31-3)15(11-23)33-22(18)28-13-26-16-19(24-12-25-20(16)28)27-21(29)14-8-6-5-7-9-14/h4-9,12-13,15,17-18,22H,1,10-11H2,2-3H3,(H,24,25,27,29). The van der Waals surface area contributed by atoms with Crippen LogP contribution in [0.1, 0.15) is 16.6 Å². The molecule has 0 radical (unpaired) electrons. The van der Waals surface area contributed by atoms with Crippen molar-refractivity contribution in [2.75, 3.05) is 32.0 Å². The van der Waals surface area contributed by atoms with E-state index in [1.807, 2.05) is 6.07 Å². The van der Waals surface area contributed by atoms with Crippen molar-refractivity contribution in [3.63, 3.8) is 0 Å². The van der Waals surface area contributed by atoms with Gasteiger partial charge in [0, 0.05) is 19.8 Å². The summed E-state index contributed by atoms with van der Waals surface area (Å²) in [4.78, 5) is 25.7. The molecule has 1 amide bonds. The Kier molecular flexibility index (Phi) is 8.74. The van der Waals surface area contributed by atoms with Crippen LogP contribution in [0.4, 0.5) is 5.82 Å². The molecule has 3 aromatic rings. The maximum atomic E-state index is 12.7. The fourth-order valence-electron chi connectivity index (χ4n) is 3.70. The van der Waals surface area contributed by atoms with E-state index in [1.165, 1.54) is 20.5 Å². The molecule has 4 rings (SSSR count). The van der Waals surface area contributed by atoms with Gasteiger partial charge in [0.05, 0.1) is 18.8 Å². The van der Waals surface area contributed by atoms with E-state index in [1.54, 1.807) is 41.2 Å². The molecule has 0 aliphatic carbocycles. The third kappa shape index (κ3) is 5.52. The zero-order valence-corrected chi connectivity index (χ0v) is 20.8. The SMILES string of the molecule is C=CCOC1C(OP(OC)OC)C(CCl)OC1n1cnc2c(NC(=O)c3ccccc3)ncnc21. The molecule has 1 N–H and O–H groups in total. The second-order valence-electron chi connectivity index (χ2n) is 7.33. The molecule has 4 atom stereocenters. The Balaban J connectivity index is 1.65. The van der Waals surface area contributed by atoms with Crippen LogP contribution in [-0.4, -0.2) is 70.4 Å². The molecule has 0 spiro atoms. The zero-order chi connectivity index (χ0) is 24.8. The van der Waals surface area contributed by atoms with Crippen molar-refractivity contribution in [1.82, 2.24) is 19.5 Å². The quantitative estimate of drug-likeness (QED) is 0.229. The molecule has 186 valence electrons. The Morgan fingerprint density at radius 3 is 2.69 bits per heavy atom. The van der Waals surface area contributed by atoms with Crippen molar-refractivity contribution < 1.29 is 27.8 Å². The summed E-state index contributed by atoms with van der Waals surface area (Å²) in [7, 11) is 1.35. The van der Waals surface area contributed by atoms with Gasteiger partial charge in [0.25, 0.3) is 5.91 Å². The maximum Gasteiger partial charge on any atom is 0.332 e. The van der Waals surface area contributed by atoms with Crippen LogP contribution < -0.4 is 5.32 Å². The van der Waals surface area contributed by atoms with Crippen LogP contribution in [0.15, 0.2) is 55.6 Å². The van der Waals surface area contributed by atoms with Crippen molar-refractivity contribution in [2.24, 2.45) is 0 Å². The van der Waals surface area contributed by atoms with Gasteiger partial charge in [0.2, 0.25) is 0 Å². The van der Waals surface area contributed by atoms with Crippen molar-refractivity contribution in [3.8, 4) is 0 Å². The van der Waals surface area contributed by atoms with Crippen LogP contribution in [0, 0.1) is 0 Å². The summed E-state index contributed by atoms with van der Waals surface area (Å²) in [6, 6.07) is 8.82. The lowest BCUT2D eigenvalue weighted by atomic mass is 10.1. The fraction of sp³-hybridized carbons (Fsp3) is 0.364. The van der Waals surface area contributed by atoms with Gasteiger partial charge < -0.3 is 28.4 Å². The molecule has 1 aliphatic rings. The Bertz CT molecular complexity index is 1150. The summed E-state index contributed by atoms with van der Waals surface area (Å²) in [6.07, 6.45) is 2.10. The highest BCUT2D eigenvalue weighted by molar-refractivity contribution is 7.41. The Labute approximate surface area is 208 Å². The third-order valence-electron chi connectivity index (χ3n) is 5.25. The number of ether oxygens (including phenoxy) is 2. The number of fused-ring (bicyclic) bond motifs is 1. The number of alkyl halides is 1. The van der Waals surface area contributed by atoms with Gasteiger partial charge in [-0.25, -0.2) is 15.0 Å². The van der Waals surface area contributed by atoms with Crippen molar-refractivity contribution >= 4 is 43.1 Å². The van der Waals surface area contributed by atoms with E-state index in [0.29, 0.717) is 16.7 Å². The molecule has 0 bridgehead atoms. The van der Waals surface area contributed by atoms with Gasteiger partial charge in [-0.3, -0.25) is 9.36 Å². The number of amides is 1. The van der Waals surface area contributed by atoms with Crippen LogP contribution in [0.25, 0.3) is 11.2 Å². The highest BCUT2D eigenvalue weighted by Gasteiger charge is 2.49. The second-order valence-corrected chi connectivity index (χ2v) is 9.03. The first-order valence-corrected chi connectivity index (χ1v) is 12.3. The van der Waals surface area contributed by atoms with E-state index < -0.39 is 33.1 Å². The third-order valence-corrected chi connectivity index (χ3v) is 6.57. The number of benzene rings is 1. The van der Waals surface area contributed by atoms with Gasteiger partial charge in [0.15, 0.2) is 23.2 Å². The van der Waals surface area contributed by atoms with E-state index in [2.05, 4.69) is 26.8 Å². The van der Waals surface area contributed by atoms with E-state index in [0.717, 1.165) is 0 Å². The highest BCUT2D eigenvalue weighted by Crippen LogP contribution is 2.45. The number of anilines is 1. The number of hydrogen-bond donors (Lipinski definition) is 1. The number of aromatic nitrogens is 4. The number of hydrogen-bond acceptors (Lipinski definition) is 9. The minimum atomic E-state index is -1.63. The first-order chi connectivity index (χ1) is 17.1. The lowest BCUT2D eigenvalue weighted by molar-refractivity contribution is -0.0564. The van der Waals surface area contributed by atoms with Crippen LogP contribution in [0.5, 0.6) is 0 Å². The van der Waals surface area contributed by atoms with Gasteiger partial charge in [-0.05, 0) is 12.1 Å². The normalized spacial score (nSPS) is 22.1. The maximum absolute atomic E-state index is 12.7. The minimum absolute atomic E-state index is 0.145. The van der Waals surface area contributed by atoms with Gasteiger partial charge in [-0.2, -0.15) is 0 Å². The topological polar surface area (TPSA) is 119 Å². The molecule has 0 saturated carbocycles. The number of nitrogens with zero attached hydrogens (tertiary/aromatic N) is 4. The number of rotatable bonds is 11. The molecule has 1 aliphatic heterocycles. The number of nitrogens with one attached hydrogen (secondary N) is 1. The first-order valence-electron chi connectivity index (χ1n) is 10.6. The number of imidazole rings is 1. The number of halogens is 1. The summed E-state index contributed by atoms with van der Waals surface area (Å²) >= 11 is 6.20. The fourth-order valence-corrected chi connectivity index (χ4v) is 4.72. The largest absolute Gasteiger partial charge is 0.367 e. The van der Waals surface area contributed by atoms with E-state index >= 15 is 0 Å². The smallest absolute Gasteiger partial charge is 0.332 e. The second kappa shape index (κ2) is 12.0. The van der Waals surface area contributed by atoms with Crippen LogP contribution in [0.2, 0.25) is 0 Å². The molecular formula is C22H25ClN5O6P. The van der Waals surface area contributed by atoms with Gasteiger partial charge in [0.1, 0.15) is 24.6 Å². The van der Waals surface area contributed by atoms with Gasteiger partial charge in [-0.1, -0.05) is 24.3 Å². The zero-order valence-electron chi connectivity index (χ0n) is 19.1. The van der Waals surface area contributed by atoms with Crippen LogP contribution in [0.3, 0.4) is 0 Å². The highest BCUT2D eigenvalue weighted by atomic mass is 35.5. The van der Waals surface area contributed by atoms with E-state index in [9.17, 15) is 4.79 Å². The summed E-state index contributed by atoms with van der Waals surface area (Å²) in [5, 5.41) is 2.79. The molecule has 3 heterocycles. The Morgan fingerprint density at radius 2 is 2.00 bits per heavy atom. The van der Waals surface area contributed by atoms with Gasteiger partial charge >= 0.3 is 8.60 Å².